The van der Waals surface area contributed by atoms with Crippen LogP contribution in [-0.2, 0) is 16.5 Å². The smallest absolute Gasteiger partial charge is 0.298 e. The molecule has 178 valence electrons. The molecule has 0 amide bonds. The second-order valence-corrected chi connectivity index (χ2v) is 9.88. The molecule has 0 spiro atoms. The first-order valence-corrected chi connectivity index (χ1v) is 13.4. The number of rotatable bonds is 16. The van der Waals surface area contributed by atoms with E-state index in [1.807, 2.05) is 18.2 Å². The fourth-order valence-corrected chi connectivity index (χ4v) is 4.45. The van der Waals surface area contributed by atoms with Crippen LogP contribution in [0.2, 0.25) is 0 Å². The van der Waals surface area contributed by atoms with Crippen molar-refractivity contribution in [1.29, 1.82) is 0 Å². The molecule has 0 atom stereocenters. The monoisotopic (exact) mass is 462 g/mol. The summed E-state index contributed by atoms with van der Waals surface area (Å²) >= 11 is 0. The normalized spacial score (nSPS) is 11.6. The largest absolute Gasteiger partial charge is 0.508 e. The van der Waals surface area contributed by atoms with Crippen molar-refractivity contribution in [2.45, 2.75) is 95.3 Å². The Balaban J connectivity index is 1.71. The number of unbranched alkanes of at least 4 members (excludes halogenated alkanes) is 11. The van der Waals surface area contributed by atoms with Crippen LogP contribution < -0.4 is 4.74 Å². The number of ether oxygens (including phenoxy) is 1. The lowest BCUT2D eigenvalue weighted by Crippen LogP contribution is -2.01. The maximum absolute atomic E-state index is 11.6. The van der Waals surface area contributed by atoms with E-state index in [4.69, 9.17) is 4.74 Å². The average Bonchev–Trinajstić information content (AvgIpc) is 2.74. The van der Waals surface area contributed by atoms with E-state index < -0.39 is 10.1 Å². The van der Waals surface area contributed by atoms with Crippen LogP contribution in [0.15, 0.2) is 47.4 Å². The van der Waals surface area contributed by atoms with Crippen LogP contribution in [0.25, 0.3) is 0 Å². The fourth-order valence-electron chi connectivity index (χ4n) is 3.85. The standard InChI is InChI=1S/C26H38O5S/c1-2-3-4-5-6-7-8-9-10-11-12-13-15-22-16-14-17-24(20-22)31-25-21-23(27)18-19-26(25)32(28,29)30/h14,16-21,27H,2-13,15H2,1H3,(H,28,29,30). The van der Waals surface area contributed by atoms with Crippen LogP contribution in [0.3, 0.4) is 0 Å². The highest BCUT2D eigenvalue weighted by atomic mass is 32.2. The summed E-state index contributed by atoms with van der Waals surface area (Å²) in [7, 11) is -4.45. The number of phenolic OH excluding ortho intramolecular Hbond substituents is 1. The van der Waals surface area contributed by atoms with Gasteiger partial charge in [-0.2, -0.15) is 8.42 Å². The number of hydrogen-bond acceptors (Lipinski definition) is 4. The molecule has 2 N–H and O–H groups in total. The topological polar surface area (TPSA) is 83.8 Å². The molecule has 0 fully saturated rings. The van der Waals surface area contributed by atoms with Gasteiger partial charge in [-0.05, 0) is 42.7 Å². The van der Waals surface area contributed by atoms with Gasteiger partial charge in [-0.15, -0.1) is 0 Å². The molecule has 0 aliphatic carbocycles. The molecule has 32 heavy (non-hydrogen) atoms. The number of aromatic hydroxyl groups is 1. The van der Waals surface area contributed by atoms with Crippen molar-refractivity contribution in [2.24, 2.45) is 0 Å². The highest BCUT2D eigenvalue weighted by molar-refractivity contribution is 7.86. The van der Waals surface area contributed by atoms with Crippen molar-refractivity contribution in [3.8, 4) is 17.2 Å². The van der Waals surface area contributed by atoms with Gasteiger partial charge in [0.05, 0.1) is 0 Å². The molecule has 0 aliphatic heterocycles. The first-order valence-electron chi connectivity index (χ1n) is 12.0. The van der Waals surface area contributed by atoms with E-state index in [0.717, 1.165) is 24.5 Å². The highest BCUT2D eigenvalue weighted by Gasteiger charge is 2.18. The molecular weight excluding hydrogens is 424 g/mol. The summed E-state index contributed by atoms with van der Waals surface area (Å²) in [4.78, 5) is -0.373. The van der Waals surface area contributed by atoms with Crippen LogP contribution in [-0.4, -0.2) is 18.1 Å². The summed E-state index contributed by atoms with van der Waals surface area (Å²) in [6.45, 7) is 2.25. The van der Waals surface area contributed by atoms with E-state index >= 15 is 0 Å². The molecule has 0 aliphatic rings. The van der Waals surface area contributed by atoms with E-state index in [2.05, 4.69) is 6.92 Å². The third-order valence-electron chi connectivity index (χ3n) is 5.65. The van der Waals surface area contributed by atoms with Crippen LogP contribution in [0, 0.1) is 0 Å². The molecule has 0 bridgehead atoms. The molecule has 0 saturated heterocycles. The zero-order chi connectivity index (χ0) is 23.2. The van der Waals surface area contributed by atoms with Crippen LogP contribution in [0.4, 0.5) is 0 Å². The first-order chi connectivity index (χ1) is 15.4. The predicted molar refractivity (Wildman–Crippen MR) is 129 cm³/mol. The summed E-state index contributed by atoms with van der Waals surface area (Å²) in [6.07, 6.45) is 16.7. The Hall–Kier alpha value is -2.05. The zero-order valence-electron chi connectivity index (χ0n) is 19.3. The Morgan fingerprint density at radius 2 is 1.38 bits per heavy atom. The minimum Gasteiger partial charge on any atom is -0.508 e. The van der Waals surface area contributed by atoms with Gasteiger partial charge in [-0.3, -0.25) is 4.55 Å². The molecule has 2 rings (SSSR count). The Bertz CT molecular complexity index is 908. The second kappa shape index (κ2) is 14.2. The minimum absolute atomic E-state index is 0.102. The maximum atomic E-state index is 11.6. The lowest BCUT2D eigenvalue weighted by molar-refractivity contribution is 0.437. The third-order valence-corrected chi connectivity index (χ3v) is 6.54. The molecule has 2 aromatic carbocycles. The van der Waals surface area contributed by atoms with Crippen molar-refractivity contribution in [3.63, 3.8) is 0 Å². The summed E-state index contributed by atoms with van der Waals surface area (Å²) in [6, 6.07) is 11.0. The van der Waals surface area contributed by atoms with E-state index in [0.29, 0.717) is 5.75 Å². The second-order valence-electron chi connectivity index (χ2n) is 8.49. The van der Waals surface area contributed by atoms with Crippen molar-refractivity contribution in [1.82, 2.24) is 0 Å². The summed E-state index contributed by atoms with van der Waals surface area (Å²) < 4.78 is 38.2. The number of aryl methyl sites for hydroxylation is 1. The van der Waals surface area contributed by atoms with E-state index in [9.17, 15) is 18.1 Å². The van der Waals surface area contributed by atoms with Gasteiger partial charge in [0.1, 0.15) is 16.4 Å². The Labute approximate surface area is 193 Å². The van der Waals surface area contributed by atoms with Gasteiger partial charge in [-0.25, -0.2) is 0 Å². The summed E-state index contributed by atoms with van der Waals surface area (Å²) in [5.74, 6) is 0.229. The van der Waals surface area contributed by atoms with Gasteiger partial charge in [0.2, 0.25) is 0 Å². The van der Waals surface area contributed by atoms with E-state index in [1.165, 1.54) is 82.8 Å². The quantitative estimate of drug-likeness (QED) is 0.197. The van der Waals surface area contributed by atoms with Gasteiger partial charge in [0.25, 0.3) is 10.1 Å². The average molecular weight is 463 g/mol. The number of phenols is 1. The third kappa shape index (κ3) is 10.0. The molecule has 0 heterocycles. The number of benzene rings is 2. The van der Waals surface area contributed by atoms with Crippen LogP contribution in [0.5, 0.6) is 17.2 Å². The predicted octanol–water partition coefficient (Wildman–Crippen LogP) is 7.67. The first kappa shape index (κ1) is 26.2. The van der Waals surface area contributed by atoms with Gasteiger partial charge < -0.3 is 9.84 Å². The van der Waals surface area contributed by atoms with Crippen molar-refractivity contribution < 1.29 is 22.8 Å². The zero-order valence-corrected chi connectivity index (χ0v) is 20.1. The molecule has 0 aromatic heterocycles. The van der Waals surface area contributed by atoms with E-state index in [-0.39, 0.29) is 16.4 Å². The van der Waals surface area contributed by atoms with Crippen molar-refractivity contribution in [3.05, 3.63) is 48.0 Å². The lowest BCUT2D eigenvalue weighted by atomic mass is 10.0. The summed E-state index contributed by atoms with van der Waals surface area (Å²) in [5, 5.41) is 9.66. The van der Waals surface area contributed by atoms with Gasteiger partial charge >= 0.3 is 0 Å². The maximum Gasteiger partial charge on any atom is 0.298 e. The Kier molecular flexibility index (Phi) is 11.6. The van der Waals surface area contributed by atoms with Crippen molar-refractivity contribution in [2.75, 3.05) is 0 Å². The van der Waals surface area contributed by atoms with Gasteiger partial charge in [-0.1, -0.05) is 89.7 Å². The molecule has 0 radical (unpaired) electrons. The van der Waals surface area contributed by atoms with Crippen LogP contribution in [0.1, 0.15) is 89.5 Å². The van der Waals surface area contributed by atoms with Crippen LogP contribution >= 0.6 is 0 Å². The number of hydrogen-bond donors (Lipinski definition) is 2. The molecule has 6 heteroatoms. The minimum atomic E-state index is -4.45. The van der Waals surface area contributed by atoms with Gasteiger partial charge in [0, 0.05) is 6.07 Å². The molecule has 0 unspecified atom stereocenters. The molecule has 0 saturated carbocycles. The van der Waals surface area contributed by atoms with E-state index in [1.54, 1.807) is 6.07 Å². The summed E-state index contributed by atoms with van der Waals surface area (Å²) in [5.41, 5.74) is 1.11. The highest BCUT2D eigenvalue weighted by Crippen LogP contribution is 2.32. The lowest BCUT2D eigenvalue weighted by Gasteiger charge is -2.11. The van der Waals surface area contributed by atoms with Crippen molar-refractivity contribution >= 4 is 10.1 Å². The Morgan fingerprint density at radius 1 is 0.781 bits per heavy atom. The SMILES string of the molecule is CCCCCCCCCCCCCCc1cccc(Oc2cc(O)ccc2S(=O)(=O)O)c1. The fraction of sp³-hybridized carbons (Fsp3) is 0.538. The molecule has 2 aromatic rings. The van der Waals surface area contributed by atoms with Gasteiger partial charge in [0.15, 0.2) is 5.75 Å². The Morgan fingerprint density at radius 3 is 1.97 bits per heavy atom. The molecule has 5 nitrogen and oxygen atoms in total. The molecular formula is C26H38O5S.